The van der Waals surface area contributed by atoms with Crippen LogP contribution in [0.2, 0.25) is 0 Å². The SMILES string of the molecule is CNCC1CCC1N1CCN(c2nccs2)CC1. The molecule has 18 heavy (non-hydrogen) atoms. The van der Waals surface area contributed by atoms with Crippen LogP contribution in [0.4, 0.5) is 5.13 Å². The Morgan fingerprint density at radius 1 is 1.33 bits per heavy atom. The van der Waals surface area contributed by atoms with Gasteiger partial charge in [0.1, 0.15) is 0 Å². The van der Waals surface area contributed by atoms with Gasteiger partial charge in [-0.2, -0.15) is 0 Å². The van der Waals surface area contributed by atoms with Gasteiger partial charge in [-0.15, -0.1) is 11.3 Å². The Morgan fingerprint density at radius 2 is 2.17 bits per heavy atom. The van der Waals surface area contributed by atoms with Crippen molar-refractivity contribution >= 4 is 16.5 Å². The zero-order valence-corrected chi connectivity index (χ0v) is 11.8. The summed E-state index contributed by atoms with van der Waals surface area (Å²) >= 11 is 1.75. The van der Waals surface area contributed by atoms with E-state index >= 15 is 0 Å². The molecule has 2 atom stereocenters. The van der Waals surface area contributed by atoms with Crippen LogP contribution in [-0.2, 0) is 0 Å². The Hall–Kier alpha value is -0.650. The van der Waals surface area contributed by atoms with Gasteiger partial charge < -0.3 is 10.2 Å². The quantitative estimate of drug-likeness (QED) is 0.889. The summed E-state index contributed by atoms with van der Waals surface area (Å²) in [6.45, 7) is 5.85. The third kappa shape index (κ3) is 2.39. The second kappa shape index (κ2) is 5.55. The van der Waals surface area contributed by atoms with Crippen molar-refractivity contribution in [2.45, 2.75) is 18.9 Å². The van der Waals surface area contributed by atoms with E-state index in [4.69, 9.17) is 0 Å². The summed E-state index contributed by atoms with van der Waals surface area (Å²) in [5.41, 5.74) is 0. The van der Waals surface area contributed by atoms with Crippen molar-refractivity contribution < 1.29 is 0 Å². The van der Waals surface area contributed by atoms with Crippen LogP contribution in [-0.4, -0.2) is 55.7 Å². The largest absolute Gasteiger partial charge is 0.346 e. The molecule has 2 unspecified atom stereocenters. The summed E-state index contributed by atoms with van der Waals surface area (Å²) in [7, 11) is 2.07. The van der Waals surface area contributed by atoms with Crippen molar-refractivity contribution in [1.29, 1.82) is 0 Å². The monoisotopic (exact) mass is 266 g/mol. The van der Waals surface area contributed by atoms with Crippen LogP contribution >= 0.6 is 11.3 Å². The molecule has 0 amide bonds. The minimum absolute atomic E-state index is 0.830. The van der Waals surface area contributed by atoms with Crippen molar-refractivity contribution in [1.82, 2.24) is 15.2 Å². The Bertz CT molecular complexity index is 359. The lowest BCUT2D eigenvalue weighted by molar-refractivity contribution is 0.0583. The molecular formula is C13H22N4S. The predicted molar refractivity (Wildman–Crippen MR) is 76.3 cm³/mol. The molecule has 0 aromatic carbocycles. The smallest absolute Gasteiger partial charge is 0.185 e. The van der Waals surface area contributed by atoms with Crippen LogP contribution in [0.25, 0.3) is 0 Å². The Morgan fingerprint density at radius 3 is 2.72 bits per heavy atom. The van der Waals surface area contributed by atoms with Crippen LogP contribution in [0, 0.1) is 5.92 Å². The van der Waals surface area contributed by atoms with Crippen LogP contribution < -0.4 is 10.2 Å². The van der Waals surface area contributed by atoms with Crippen molar-refractivity contribution in [2.24, 2.45) is 5.92 Å². The lowest BCUT2D eigenvalue weighted by Gasteiger charge is -2.47. The molecule has 1 aliphatic carbocycles. The average Bonchev–Trinajstić information content (AvgIpc) is 2.89. The molecule has 0 bridgehead atoms. The first-order valence-electron chi connectivity index (χ1n) is 6.91. The number of hydrogen-bond donors (Lipinski definition) is 1. The predicted octanol–water partition coefficient (Wildman–Crippen LogP) is 1.26. The first-order chi connectivity index (χ1) is 8.88. The third-order valence-electron chi connectivity index (χ3n) is 4.32. The zero-order valence-electron chi connectivity index (χ0n) is 11.0. The molecule has 4 nitrogen and oxygen atoms in total. The van der Waals surface area contributed by atoms with Gasteiger partial charge in [0.2, 0.25) is 0 Å². The molecular weight excluding hydrogens is 244 g/mol. The number of rotatable bonds is 4. The summed E-state index contributed by atoms with van der Waals surface area (Å²) < 4.78 is 0. The molecule has 2 heterocycles. The maximum atomic E-state index is 4.40. The lowest BCUT2D eigenvalue weighted by atomic mass is 9.78. The number of aromatic nitrogens is 1. The standard InChI is InChI=1S/C13H22N4S/c1-14-10-11-2-3-12(11)16-5-7-17(8-6-16)13-15-4-9-18-13/h4,9,11-12,14H,2-3,5-8,10H2,1H3. The minimum atomic E-state index is 0.830. The van der Waals surface area contributed by atoms with Crippen LogP contribution in [0.3, 0.4) is 0 Å². The van der Waals surface area contributed by atoms with E-state index in [2.05, 4.69) is 32.5 Å². The van der Waals surface area contributed by atoms with Gasteiger partial charge in [0, 0.05) is 43.8 Å². The molecule has 100 valence electrons. The van der Waals surface area contributed by atoms with Crippen LogP contribution in [0.15, 0.2) is 11.6 Å². The van der Waals surface area contributed by atoms with Gasteiger partial charge in [-0.1, -0.05) is 0 Å². The summed E-state index contributed by atoms with van der Waals surface area (Å²) in [6, 6.07) is 0.830. The normalized spacial score (nSPS) is 29.3. The van der Waals surface area contributed by atoms with Gasteiger partial charge >= 0.3 is 0 Å². The molecule has 1 aromatic heterocycles. The van der Waals surface area contributed by atoms with E-state index in [0.29, 0.717) is 0 Å². The highest BCUT2D eigenvalue weighted by Gasteiger charge is 2.36. The molecule has 1 aliphatic heterocycles. The first kappa shape index (κ1) is 12.4. The number of hydrogen-bond acceptors (Lipinski definition) is 5. The number of thiazole rings is 1. The molecule has 2 fully saturated rings. The fourth-order valence-electron chi connectivity index (χ4n) is 3.15. The van der Waals surface area contributed by atoms with Gasteiger partial charge in [-0.3, -0.25) is 4.90 Å². The number of nitrogens with one attached hydrogen (secondary N) is 1. The van der Waals surface area contributed by atoms with E-state index in [-0.39, 0.29) is 0 Å². The molecule has 1 saturated heterocycles. The third-order valence-corrected chi connectivity index (χ3v) is 5.15. The molecule has 0 radical (unpaired) electrons. The van der Waals surface area contributed by atoms with E-state index in [1.54, 1.807) is 11.3 Å². The minimum Gasteiger partial charge on any atom is -0.346 e. The molecule has 1 saturated carbocycles. The zero-order chi connectivity index (χ0) is 12.4. The molecule has 1 aromatic rings. The highest BCUT2D eigenvalue weighted by Crippen LogP contribution is 2.32. The van der Waals surface area contributed by atoms with E-state index in [1.165, 1.54) is 37.6 Å². The Labute approximate surface area is 113 Å². The van der Waals surface area contributed by atoms with Gasteiger partial charge in [0.15, 0.2) is 5.13 Å². The number of piperazine rings is 1. The van der Waals surface area contributed by atoms with Crippen molar-refractivity contribution in [2.75, 3.05) is 44.7 Å². The van der Waals surface area contributed by atoms with Crippen LogP contribution in [0.5, 0.6) is 0 Å². The number of anilines is 1. The molecule has 2 aliphatic rings. The summed E-state index contributed by atoms with van der Waals surface area (Å²) in [5.74, 6) is 0.876. The van der Waals surface area contributed by atoms with Crippen LogP contribution in [0.1, 0.15) is 12.8 Å². The second-order valence-corrected chi connectivity index (χ2v) is 6.17. The highest BCUT2D eigenvalue weighted by atomic mass is 32.1. The second-order valence-electron chi connectivity index (χ2n) is 5.30. The van der Waals surface area contributed by atoms with Gasteiger partial charge in [0.25, 0.3) is 0 Å². The van der Waals surface area contributed by atoms with Gasteiger partial charge in [0.05, 0.1) is 0 Å². The summed E-state index contributed by atoms with van der Waals surface area (Å²) in [5, 5.41) is 6.58. The van der Waals surface area contributed by atoms with E-state index in [1.807, 2.05) is 6.20 Å². The average molecular weight is 266 g/mol. The highest BCUT2D eigenvalue weighted by molar-refractivity contribution is 7.13. The number of nitrogens with zero attached hydrogens (tertiary/aromatic N) is 3. The molecule has 5 heteroatoms. The Kier molecular flexibility index (Phi) is 3.82. The fraction of sp³-hybridized carbons (Fsp3) is 0.769. The molecule has 0 spiro atoms. The van der Waals surface area contributed by atoms with E-state index in [9.17, 15) is 0 Å². The van der Waals surface area contributed by atoms with Gasteiger partial charge in [-0.25, -0.2) is 4.98 Å². The van der Waals surface area contributed by atoms with Gasteiger partial charge in [-0.05, 0) is 32.4 Å². The maximum absolute atomic E-state index is 4.40. The fourth-order valence-corrected chi connectivity index (χ4v) is 3.85. The van der Waals surface area contributed by atoms with Crippen molar-refractivity contribution in [3.63, 3.8) is 0 Å². The molecule has 1 N–H and O–H groups in total. The molecule has 3 rings (SSSR count). The Balaban J connectivity index is 1.51. The topological polar surface area (TPSA) is 31.4 Å². The van der Waals surface area contributed by atoms with Crippen molar-refractivity contribution in [3.05, 3.63) is 11.6 Å². The summed E-state index contributed by atoms with van der Waals surface area (Å²) in [4.78, 5) is 9.52. The summed E-state index contributed by atoms with van der Waals surface area (Å²) in [6.07, 6.45) is 4.70. The lowest BCUT2D eigenvalue weighted by Crippen LogP contribution is -2.57. The van der Waals surface area contributed by atoms with E-state index < -0.39 is 0 Å². The van der Waals surface area contributed by atoms with E-state index in [0.717, 1.165) is 25.0 Å². The maximum Gasteiger partial charge on any atom is 0.185 e. The first-order valence-corrected chi connectivity index (χ1v) is 7.79. The van der Waals surface area contributed by atoms with Crippen molar-refractivity contribution in [3.8, 4) is 0 Å².